The number of rotatable bonds is 3. The molecule has 5 rings (SSSR count). The first-order chi connectivity index (χ1) is 14.5. The molecule has 150 valence electrons. The van der Waals surface area contributed by atoms with Gasteiger partial charge in [-0.15, -0.1) is 0 Å². The summed E-state index contributed by atoms with van der Waals surface area (Å²) in [6, 6.07) is 19.5. The standard InChI is InChI=1S/C22H15Cl2N3O3/c23-14-6-8-16(18(24)10-14)22-26-20(12-19(25-26)13-4-2-1-3-5-13)17-11-15(27(28)29)7-9-21(17)30-22/h1-11,20,22H,12H2. The first-order valence-corrected chi connectivity index (χ1v) is 10.1. The lowest BCUT2D eigenvalue weighted by Gasteiger charge is -2.38. The second-order valence-electron chi connectivity index (χ2n) is 7.13. The maximum atomic E-state index is 11.3. The Kier molecular flexibility index (Phi) is 4.60. The molecule has 0 saturated carbocycles. The Bertz CT molecular complexity index is 1180. The number of ether oxygens (including phenoxy) is 1. The Labute approximate surface area is 182 Å². The van der Waals surface area contributed by atoms with Gasteiger partial charge in [0.2, 0.25) is 6.23 Å². The SMILES string of the molecule is O=[N+]([O-])c1ccc2c(c1)C1CC(c3ccccc3)=NN1C(c1ccc(Cl)cc1Cl)O2. The normalized spacial score (nSPS) is 19.5. The van der Waals surface area contributed by atoms with Crippen LogP contribution in [0.3, 0.4) is 0 Å². The number of nitro groups is 1. The molecule has 2 atom stereocenters. The van der Waals surface area contributed by atoms with E-state index in [2.05, 4.69) is 0 Å². The molecule has 2 aliphatic rings. The van der Waals surface area contributed by atoms with E-state index in [4.69, 9.17) is 33.0 Å². The molecular formula is C22H15Cl2N3O3. The number of hydrogen-bond acceptors (Lipinski definition) is 5. The summed E-state index contributed by atoms with van der Waals surface area (Å²) in [6.45, 7) is 0. The van der Waals surface area contributed by atoms with Crippen molar-refractivity contribution in [1.29, 1.82) is 0 Å². The second-order valence-corrected chi connectivity index (χ2v) is 7.97. The summed E-state index contributed by atoms with van der Waals surface area (Å²) >= 11 is 12.5. The van der Waals surface area contributed by atoms with Crippen LogP contribution < -0.4 is 4.74 Å². The van der Waals surface area contributed by atoms with Crippen molar-refractivity contribution in [2.24, 2.45) is 5.10 Å². The molecule has 0 bridgehead atoms. The van der Waals surface area contributed by atoms with Crippen molar-refractivity contribution in [3.8, 4) is 5.75 Å². The van der Waals surface area contributed by atoms with Crippen molar-refractivity contribution in [3.63, 3.8) is 0 Å². The van der Waals surface area contributed by atoms with Gasteiger partial charge in [0.05, 0.1) is 21.7 Å². The molecule has 0 aliphatic carbocycles. The van der Waals surface area contributed by atoms with E-state index >= 15 is 0 Å². The zero-order chi connectivity index (χ0) is 20.8. The first-order valence-electron chi connectivity index (χ1n) is 9.32. The van der Waals surface area contributed by atoms with Gasteiger partial charge in [0.15, 0.2) is 0 Å². The van der Waals surface area contributed by atoms with E-state index in [1.54, 1.807) is 24.3 Å². The van der Waals surface area contributed by atoms with Crippen molar-refractivity contribution in [1.82, 2.24) is 5.01 Å². The number of hydrazone groups is 1. The van der Waals surface area contributed by atoms with Crippen LogP contribution >= 0.6 is 23.2 Å². The van der Waals surface area contributed by atoms with Crippen LogP contribution in [-0.4, -0.2) is 15.6 Å². The summed E-state index contributed by atoms with van der Waals surface area (Å²) in [7, 11) is 0. The van der Waals surface area contributed by atoms with Gasteiger partial charge >= 0.3 is 0 Å². The van der Waals surface area contributed by atoms with E-state index in [-0.39, 0.29) is 11.7 Å². The van der Waals surface area contributed by atoms with Crippen LogP contribution in [0, 0.1) is 10.1 Å². The third-order valence-electron chi connectivity index (χ3n) is 5.32. The van der Waals surface area contributed by atoms with Crippen LogP contribution in [0.15, 0.2) is 71.8 Å². The fraction of sp³-hybridized carbons (Fsp3) is 0.136. The highest BCUT2D eigenvalue weighted by molar-refractivity contribution is 6.35. The van der Waals surface area contributed by atoms with E-state index < -0.39 is 11.2 Å². The zero-order valence-corrected chi connectivity index (χ0v) is 17.0. The molecule has 0 radical (unpaired) electrons. The Hall–Kier alpha value is -3.09. The monoisotopic (exact) mass is 439 g/mol. The van der Waals surface area contributed by atoms with E-state index in [0.717, 1.165) is 22.4 Å². The average molecular weight is 440 g/mol. The van der Waals surface area contributed by atoms with Crippen molar-refractivity contribution in [3.05, 3.63) is 104 Å². The van der Waals surface area contributed by atoms with Crippen molar-refractivity contribution in [2.75, 3.05) is 0 Å². The Morgan fingerprint density at radius 2 is 1.83 bits per heavy atom. The molecule has 3 aromatic rings. The minimum atomic E-state index is -0.574. The number of fused-ring (bicyclic) bond motifs is 3. The fourth-order valence-corrected chi connectivity index (χ4v) is 4.40. The van der Waals surface area contributed by atoms with Gasteiger partial charge in [-0.2, -0.15) is 5.10 Å². The van der Waals surface area contributed by atoms with E-state index in [9.17, 15) is 10.1 Å². The largest absolute Gasteiger partial charge is 0.464 e. The van der Waals surface area contributed by atoms with Gasteiger partial charge in [0.25, 0.3) is 5.69 Å². The van der Waals surface area contributed by atoms with Gasteiger partial charge in [-0.1, -0.05) is 59.6 Å². The molecule has 8 heteroatoms. The average Bonchev–Trinajstić information content (AvgIpc) is 3.19. The molecule has 0 saturated heterocycles. The van der Waals surface area contributed by atoms with Crippen LogP contribution in [0.1, 0.15) is 35.4 Å². The minimum Gasteiger partial charge on any atom is -0.464 e. The van der Waals surface area contributed by atoms with Gasteiger partial charge < -0.3 is 4.74 Å². The molecule has 0 aromatic heterocycles. The smallest absolute Gasteiger partial charge is 0.270 e. The third kappa shape index (κ3) is 3.18. The molecular weight excluding hydrogens is 425 g/mol. The van der Waals surface area contributed by atoms with Crippen LogP contribution in [0.4, 0.5) is 5.69 Å². The molecule has 3 aromatic carbocycles. The highest BCUT2D eigenvalue weighted by Gasteiger charge is 2.42. The molecule has 0 N–H and O–H groups in total. The number of non-ortho nitro benzene ring substituents is 1. The van der Waals surface area contributed by atoms with E-state index in [0.29, 0.717) is 22.2 Å². The highest BCUT2D eigenvalue weighted by Crippen LogP contribution is 2.49. The lowest BCUT2D eigenvalue weighted by Crippen LogP contribution is -2.34. The minimum absolute atomic E-state index is 0.0217. The highest BCUT2D eigenvalue weighted by atomic mass is 35.5. The Morgan fingerprint density at radius 3 is 2.57 bits per heavy atom. The van der Waals surface area contributed by atoms with Gasteiger partial charge in [0.1, 0.15) is 5.75 Å². The first kappa shape index (κ1) is 18.9. The summed E-state index contributed by atoms with van der Waals surface area (Å²) in [6.07, 6.45) is 0.0263. The van der Waals surface area contributed by atoms with Gasteiger partial charge in [0, 0.05) is 34.7 Å². The lowest BCUT2D eigenvalue weighted by molar-refractivity contribution is -0.385. The second kappa shape index (κ2) is 7.31. The Balaban J connectivity index is 1.63. The Morgan fingerprint density at radius 1 is 1.03 bits per heavy atom. The van der Waals surface area contributed by atoms with Crippen molar-refractivity contribution in [2.45, 2.75) is 18.7 Å². The van der Waals surface area contributed by atoms with Gasteiger partial charge in [-0.25, -0.2) is 5.01 Å². The number of nitro benzene ring substituents is 1. The quantitative estimate of drug-likeness (QED) is 0.362. The van der Waals surface area contributed by atoms with Gasteiger partial charge in [-0.3, -0.25) is 10.1 Å². The predicted molar refractivity (Wildman–Crippen MR) is 115 cm³/mol. The molecule has 2 aliphatic heterocycles. The molecule has 0 spiro atoms. The summed E-state index contributed by atoms with van der Waals surface area (Å²) in [5, 5.41) is 19.0. The maximum Gasteiger partial charge on any atom is 0.270 e. The zero-order valence-electron chi connectivity index (χ0n) is 15.5. The topological polar surface area (TPSA) is 68.0 Å². The molecule has 30 heavy (non-hydrogen) atoms. The summed E-state index contributed by atoms with van der Waals surface area (Å²) in [5.41, 5.74) is 3.38. The molecule has 0 fully saturated rings. The molecule has 2 heterocycles. The van der Waals surface area contributed by atoms with Crippen molar-refractivity contribution < 1.29 is 9.66 Å². The van der Waals surface area contributed by atoms with Crippen LogP contribution in [0.2, 0.25) is 10.0 Å². The number of hydrogen-bond donors (Lipinski definition) is 0. The van der Waals surface area contributed by atoms with Crippen LogP contribution in [-0.2, 0) is 0 Å². The number of benzene rings is 3. The summed E-state index contributed by atoms with van der Waals surface area (Å²) < 4.78 is 6.24. The number of nitrogens with zero attached hydrogens (tertiary/aromatic N) is 3. The van der Waals surface area contributed by atoms with Crippen LogP contribution in [0.25, 0.3) is 0 Å². The fourth-order valence-electron chi connectivity index (χ4n) is 3.90. The van der Waals surface area contributed by atoms with E-state index in [1.165, 1.54) is 6.07 Å². The predicted octanol–water partition coefficient (Wildman–Crippen LogP) is 6.14. The van der Waals surface area contributed by atoms with Crippen LogP contribution in [0.5, 0.6) is 5.75 Å². The van der Waals surface area contributed by atoms with Gasteiger partial charge in [-0.05, 0) is 23.8 Å². The molecule has 0 amide bonds. The van der Waals surface area contributed by atoms with E-state index in [1.807, 2.05) is 41.4 Å². The summed E-state index contributed by atoms with van der Waals surface area (Å²) in [4.78, 5) is 10.9. The maximum absolute atomic E-state index is 11.3. The molecule has 2 unspecified atom stereocenters. The third-order valence-corrected chi connectivity index (χ3v) is 5.88. The lowest BCUT2D eigenvalue weighted by atomic mass is 9.95. The molecule has 6 nitrogen and oxygen atoms in total. The van der Waals surface area contributed by atoms with Crippen molar-refractivity contribution >= 4 is 34.6 Å². The summed E-state index contributed by atoms with van der Waals surface area (Å²) in [5.74, 6) is 0.586. The number of halogens is 2.